The molecule has 15 heteroatoms. The van der Waals surface area contributed by atoms with Gasteiger partial charge in [-0.1, -0.05) is 6.07 Å². The number of halogens is 1. The van der Waals surface area contributed by atoms with E-state index in [0.717, 1.165) is 93.6 Å². The Morgan fingerprint density at radius 2 is 1.63 bits per heavy atom. The number of hydrogen-bond donors (Lipinski definition) is 1. The van der Waals surface area contributed by atoms with Crippen LogP contribution in [0.4, 0.5) is 21.6 Å². The first-order valence-electron chi connectivity index (χ1n) is 21.8. The largest absolute Gasteiger partial charge is 0.490 e. The Bertz CT molecular complexity index is 2470. The lowest BCUT2D eigenvalue weighted by atomic mass is 9.92. The van der Waals surface area contributed by atoms with Crippen LogP contribution in [-0.2, 0) is 9.59 Å². The van der Waals surface area contributed by atoms with Gasteiger partial charge in [0, 0.05) is 75.2 Å². The van der Waals surface area contributed by atoms with Crippen molar-refractivity contribution in [2.75, 3.05) is 55.6 Å². The first kappa shape index (κ1) is 41.1. The van der Waals surface area contributed by atoms with Crippen LogP contribution < -0.4 is 19.9 Å². The van der Waals surface area contributed by atoms with Gasteiger partial charge in [0.25, 0.3) is 17.7 Å². The monoisotopic (exact) mass is 840 g/mol. The van der Waals surface area contributed by atoms with E-state index >= 15 is 4.39 Å². The number of amides is 3. The molecule has 4 aromatic rings. The van der Waals surface area contributed by atoms with Crippen molar-refractivity contribution in [3.05, 3.63) is 94.8 Å². The number of anilines is 2. The fraction of sp³-hybridized carbons (Fsp3) is 0.447. The van der Waals surface area contributed by atoms with Crippen LogP contribution in [0, 0.1) is 18.3 Å². The molecule has 0 spiro atoms. The van der Waals surface area contributed by atoms with Gasteiger partial charge < -0.3 is 19.9 Å². The smallest absolute Gasteiger partial charge is 0.262 e. The highest BCUT2D eigenvalue weighted by Gasteiger charge is 2.44. The van der Waals surface area contributed by atoms with Gasteiger partial charge in [-0.2, -0.15) is 0 Å². The maximum absolute atomic E-state index is 15.5. The summed E-state index contributed by atoms with van der Waals surface area (Å²) in [4.78, 5) is 84.0. The summed E-state index contributed by atoms with van der Waals surface area (Å²) < 4.78 is 21.8. The molecule has 14 nitrogen and oxygen atoms in total. The predicted octanol–water partition coefficient (Wildman–Crippen LogP) is 6.16. The molecule has 2 aromatic carbocycles. The highest BCUT2D eigenvalue weighted by Crippen LogP contribution is 2.35. The van der Waals surface area contributed by atoms with Crippen molar-refractivity contribution in [3.8, 4) is 5.75 Å². The Labute approximate surface area is 359 Å². The van der Waals surface area contributed by atoms with E-state index < -0.39 is 23.7 Å². The van der Waals surface area contributed by atoms with E-state index in [9.17, 15) is 24.0 Å². The van der Waals surface area contributed by atoms with Crippen LogP contribution in [0.1, 0.15) is 95.3 Å². The predicted molar refractivity (Wildman–Crippen MR) is 229 cm³/mol. The van der Waals surface area contributed by atoms with Gasteiger partial charge in [0.1, 0.15) is 11.5 Å². The zero-order valence-corrected chi connectivity index (χ0v) is 34.6. The van der Waals surface area contributed by atoms with Crippen LogP contribution in [0.5, 0.6) is 5.75 Å². The molecule has 2 aromatic heterocycles. The van der Waals surface area contributed by atoms with Crippen LogP contribution in [0.3, 0.4) is 0 Å². The molecule has 0 bridgehead atoms. The molecule has 2 saturated carbocycles. The number of nitrogens with zero attached hydrogens (tertiary/aromatic N) is 7. The zero-order chi connectivity index (χ0) is 42.9. The molecule has 5 heterocycles. The molecule has 3 amide bonds. The maximum Gasteiger partial charge on any atom is 0.262 e. The van der Waals surface area contributed by atoms with E-state index in [1.165, 1.54) is 12.3 Å². The Hall–Kier alpha value is -6.27. The first-order valence-corrected chi connectivity index (χ1v) is 21.8. The van der Waals surface area contributed by atoms with Gasteiger partial charge in [0.05, 0.1) is 47.3 Å². The molecule has 1 unspecified atom stereocenters. The number of benzene rings is 2. The number of carbonyl (C=O) groups excluding carboxylic acids is 5. The number of aromatic nitrogens is 2. The van der Waals surface area contributed by atoms with Gasteiger partial charge in [-0.25, -0.2) is 14.2 Å². The van der Waals surface area contributed by atoms with Gasteiger partial charge in [-0.15, -0.1) is 0 Å². The number of ether oxygens (including phenoxy) is 1. The van der Waals surface area contributed by atoms with Crippen molar-refractivity contribution in [3.63, 3.8) is 0 Å². The molecular formula is C47H49FN8O6. The number of piperidine rings is 1. The standard InChI is InChI=1S/C47H49FN8O6/c1-49-39-11-13-42(36-3-2-17-50-43(36)39)62-34-8-4-31(5-9-34)52-45(59)30-25-38(48)44(51-28-30)55-19-15-29(16-20-55)14-18-53-21-23-54(24-22-53)32-6-10-35-37(26-32)47(61)56(46(35)60)40-12-7-33(57)27-41(40)58/h2-3,6,10-11,13,17,25-26,28-29,31,34,40H,4-5,7-9,12,14-16,18-24,27H2,(H,52,59). The van der Waals surface area contributed by atoms with Gasteiger partial charge in [-0.05, 0) is 106 Å². The average molecular weight is 841 g/mol. The van der Waals surface area contributed by atoms with E-state index in [1.54, 1.807) is 24.4 Å². The van der Waals surface area contributed by atoms with E-state index in [1.807, 2.05) is 29.2 Å². The van der Waals surface area contributed by atoms with E-state index in [0.29, 0.717) is 47.1 Å². The van der Waals surface area contributed by atoms with Crippen LogP contribution >= 0.6 is 0 Å². The second-order valence-corrected chi connectivity index (χ2v) is 17.2. The number of rotatable bonds is 10. The normalized spacial score (nSPS) is 22.5. The number of pyridine rings is 2. The van der Waals surface area contributed by atoms with Crippen molar-refractivity contribution >= 4 is 57.4 Å². The van der Waals surface area contributed by atoms with Crippen molar-refractivity contribution in [1.29, 1.82) is 0 Å². The molecule has 2 aliphatic carbocycles. The van der Waals surface area contributed by atoms with Crippen molar-refractivity contribution in [2.45, 2.75) is 82.4 Å². The molecule has 2 saturated heterocycles. The number of hydrogen-bond acceptors (Lipinski definition) is 11. The van der Waals surface area contributed by atoms with Gasteiger partial charge in [0.2, 0.25) is 5.69 Å². The summed E-state index contributed by atoms with van der Waals surface area (Å²) in [7, 11) is 0. The molecule has 1 atom stereocenters. The van der Waals surface area contributed by atoms with Crippen LogP contribution in [-0.4, -0.2) is 113 Å². The highest BCUT2D eigenvalue weighted by atomic mass is 19.1. The molecule has 9 rings (SSSR count). The summed E-state index contributed by atoms with van der Waals surface area (Å²) in [6.07, 6.45) is 9.11. The number of nitrogens with one attached hydrogen (secondary N) is 1. The van der Waals surface area contributed by atoms with Crippen LogP contribution in [0.2, 0.25) is 0 Å². The molecule has 1 N–H and O–H groups in total. The average Bonchev–Trinajstić information content (AvgIpc) is 3.54. The molecule has 3 aliphatic heterocycles. The molecule has 320 valence electrons. The minimum Gasteiger partial charge on any atom is -0.490 e. The van der Waals surface area contributed by atoms with E-state index in [4.69, 9.17) is 11.3 Å². The quantitative estimate of drug-likeness (QED) is 0.111. The number of piperazine rings is 1. The Morgan fingerprint density at radius 3 is 2.37 bits per heavy atom. The lowest BCUT2D eigenvalue weighted by Crippen LogP contribution is -2.47. The Morgan fingerprint density at radius 1 is 0.855 bits per heavy atom. The molecule has 0 radical (unpaired) electrons. The Balaban J connectivity index is 0.697. The van der Waals surface area contributed by atoms with Crippen LogP contribution in [0.25, 0.3) is 15.7 Å². The second-order valence-electron chi connectivity index (χ2n) is 17.2. The second kappa shape index (κ2) is 17.6. The fourth-order valence-corrected chi connectivity index (χ4v) is 9.77. The summed E-state index contributed by atoms with van der Waals surface area (Å²) >= 11 is 0. The minimum absolute atomic E-state index is 0.0255. The first-order chi connectivity index (χ1) is 30.1. The van der Waals surface area contributed by atoms with Gasteiger partial charge in [0.15, 0.2) is 17.4 Å². The fourth-order valence-electron chi connectivity index (χ4n) is 9.77. The molecule has 62 heavy (non-hydrogen) atoms. The Kier molecular flexibility index (Phi) is 11.7. The van der Waals surface area contributed by atoms with Crippen molar-refractivity contribution < 1.29 is 33.1 Å². The van der Waals surface area contributed by atoms with Gasteiger partial charge in [-0.3, -0.25) is 38.8 Å². The lowest BCUT2D eigenvalue weighted by molar-refractivity contribution is -0.132. The van der Waals surface area contributed by atoms with Crippen molar-refractivity contribution in [2.24, 2.45) is 5.92 Å². The number of imide groups is 1. The number of carbonyl (C=O) groups is 5. The number of fused-ring (bicyclic) bond motifs is 2. The molecule has 5 aliphatic rings. The van der Waals surface area contributed by atoms with E-state index in [-0.39, 0.29) is 60.3 Å². The van der Waals surface area contributed by atoms with Crippen molar-refractivity contribution in [1.82, 2.24) is 25.1 Å². The summed E-state index contributed by atoms with van der Waals surface area (Å²) in [6.45, 7) is 13.1. The minimum atomic E-state index is -0.877. The third kappa shape index (κ3) is 8.35. The summed E-state index contributed by atoms with van der Waals surface area (Å²) in [5.41, 5.74) is 2.81. The summed E-state index contributed by atoms with van der Waals surface area (Å²) in [5, 5.41) is 3.88. The van der Waals surface area contributed by atoms with Gasteiger partial charge >= 0.3 is 0 Å². The third-order valence-corrected chi connectivity index (χ3v) is 13.4. The number of ketones is 2. The maximum atomic E-state index is 15.5. The molecular weight excluding hydrogens is 792 g/mol. The topological polar surface area (TPSA) is 150 Å². The van der Waals surface area contributed by atoms with E-state index in [2.05, 4.69) is 29.9 Å². The summed E-state index contributed by atoms with van der Waals surface area (Å²) in [5.74, 6) is -0.788. The lowest BCUT2D eigenvalue weighted by Gasteiger charge is -2.38. The SMILES string of the molecule is [C-]#[N+]c1ccc(OC2CCC(NC(=O)c3cnc(N4CCC(CCN5CCN(c6ccc7c(c6)C(=O)N(C6CCC(=O)CC6=O)C7=O)CC5)CC4)c(F)c3)CC2)c2cccnc12. The molecule has 4 fully saturated rings. The summed E-state index contributed by atoms with van der Waals surface area (Å²) in [6, 6.07) is 13.0. The highest BCUT2D eigenvalue weighted by molar-refractivity contribution is 6.24. The zero-order valence-electron chi connectivity index (χ0n) is 34.6. The number of Topliss-reactive ketones (excluding diaryl/α,β-unsaturated/α-hetero) is 2. The van der Waals surface area contributed by atoms with Crippen LogP contribution in [0.15, 0.2) is 60.9 Å². The third-order valence-electron chi connectivity index (χ3n) is 13.4.